The van der Waals surface area contributed by atoms with Gasteiger partial charge in [0.2, 0.25) is 0 Å². The molecule has 0 radical (unpaired) electrons. The zero-order valence-electron chi connectivity index (χ0n) is 10.2. The van der Waals surface area contributed by atoms with Crippen molar-refractivity contribution in [3.8, 4) is 0 Å². The summed E-state index contributed by atoms with van der Waals surface area (Å²) in [4.78, 5) is 0. The van der Waals surface area contributed by atoms with E-state index in [9.17, 15) is 0 Å². The van der Waals surface area contributed by atoms with Crippen LogP contribution in [0.15, 0.2) is 0 Å². The van der Waals surface area contributed by atoms with Crippen LogP contribution in [0.1, 0.15) is 57.8 Å². The van der Waals surface area contributed by atoms with E-state index >= 15 is 0 Å². The number of aromatic nitrogens is 4. The average Bonchev–Trinajstić information content (AvgIpc) is 2.75. The van der Waals surface area contributed by atoms with Crippen molar-refractivity contribution in [1.82, 2.24) is 25.5 Å². The summed E-state index contributed by atoms with van der Waals surface area (Å²) in [6.45, 7) is 5.03. The third-order valence-electron chi connectivity index (χ3n) is 3.15. The molecule has 0 atom stereocenters. The summed E-state index contributed by atoms with van der Waals surface area (Å²) in [5.41, 5.74) is 0. The highest BCUT2D eigenvalue weighted by molar-refractivity contribution is 4.85. The minimum Gasteiger partial charge on any atom is -0.308 e. The molecule has 1 aliphatic rings. The Balaban J connectivity index is 2.00. The standard InChI is InChI=1S/C11H21N5/c1-9(2)12-8-11-13-14-15-16(11)10-6-4-3-5-7-10/h9-10,12H,3-8H2,1-2H3. The molecule has 1 saturated carbocycles. The number of hydrogen-bond donors (Lipinski definition) is 1. The van der Waals surface area contributed by atoms with E-state index in [0.717, 1.165) is 12.4 Å². The summed E-state index contributed by atoms with van der Waals surface area (Å²) in [5, 5.41) is 15.4. The van der Waals surface area contributed by atoms with Crippen LogP contribution in [0.2, 0.25) is 0 Å². The predicted molar refractivity (Wildman–Crippen MR) is 61.9 cm³/mol. The zero-order valence-corrected chi connectivity index (χ0v) is 10.2. The van der Waals surface area contributed by atoms with E-state index in [4.69, 9.17) is 0 Å². The molecule has 0 spiro atoms. The van der Waals surface area contributed by atoms with Crippen molar-refractivity contribution in [3.63, 3.8) is 0 Å². The molecule has 5 nitrogen and oxygen atoms in total. The highest BCUT2D eigenvalue weighted by Gasteiger charge is 2.19. The second-order valence-electron chi connectivity index (χ2n) is 4.87. The van der Waals surface area contributed by atoms with E-state index < -0.39 is 0 Å². The molecule has 1 aliphatic carbocycles. The minimum atomic E-state index is 0.469. The summed E-state index contributed by atoms with van der Waals surface area (Å²) in [7, 11) is 0. The highest BCUT2D eigenvalue weighted by atomic mass is 15.6. The van der Waals surface area contributed by atoms with Gasteiger partial charge in [0.15, 0.2) is 5.82 Å². The summed E-state index contributed by atoms with van der Waals surface area (Å²) in [5.74, 6) is 0.973. The molecule has 1 N–H and O–H groups in total. The second-order valence-corrected chi connectivity index (χ2v) is 4.87. The molecule has 0 aromatic carbocycles. The topological polar surface area (TPSA) is 55.6 Å². The maximum absolute atomic E-state index is 4.13. The number of nitrogens with one attached hydrogen (secondary N) is 1. The van der Waals surface area contributed by atoms with Crippen LogP contribution in [0.3, 0.4) is 0 Å². The van der Waals surface area contributed by atoms with Gasteiger partial charge in [0.25, 0.3) is 0 Å². The van der Waals surface area contributed by atoms with Crippen LogP contribution in [-0.4, -0.2) is 26.2 Å². The van der Waals surface area contributed by atoms with E-state index in [2.05, 4.69) is 34.7 Å². The second kappa shape index (κ2) is 5.39. The summed E-state index contributed by atoms with van der Waals surface area (Å²) in [6.07, 6.45) is 6.42. The van der Waals surface area contributed by atoms with Crippen LogP contribution in [0, 0.1) is 0 Å². The van der Waals surface area contributed by atoms with Crippen LogP contribution >= 0.6 is 0 Å². The number of tetrazole rings is 1. The van der Waals surface area contributed by atoms with Gasteiger partial charge in [-0.3, -0.25) is 0 Å². The minimum absolute atomic E-state index is 0.469. The molecule has 0 amide bonds. The van der Waals surface area contributed by atoms with Crippen molar-refractivity contribution < 1.29 is 0 Å². The van der Waals surface area contributed by atoms with E-state index in [1.165, 1.54) is 32.1 Å². The quantitative estimate of drug-likeness (QED) is 0.843. The summed E-state index contributed by atoms with van der Waals surface area (Å²) < 4.78 is 2.02. The summed E-state index contributed by atoms with van der Waals surface area (Å²) >= 11 is 0. The normalized spacial score (nSPS) is 18.2. The van der Waals surface area contributed by atoms with Crippen molar-refractivity contribution in [2.45, 2.75) is 64.6 Å². The molecule has 1 aromatic rings. The number of rotatable bonds is 4. The van der Waals surface area contributed by atoms with Crippen molar-refractivity contribution in [3.05, 3.63) is 5.82 Å². The fraction of sp³-hybridized carbons (Fsp3) is 0.909. The lowest BCUT2D eigenvalue weighted by atomic mass is 9.95. The van der Waals surface area contributed by atoms with Crippen molar-refractivity contribution in [1.29, 1.82) is 0 Å². The molecule has 1 aromatic heterocycles. The largest absolute Gasteiger partial charge is 0.308 e. The predicted octanol–water partition coefficient (Wildman–Crippen LogP) is 1.68. The third-order valence-corrected chi connectivity index (χ3v) is 3.15. The van der Waals surface area contributed by atoms with Gasteiger partial charge in [-0.05, 0) is 23.3 Å². The first-order valence-electron chi connectivity index (χ1n) is 6.27. The van der Waals surface area contributed by atoms with E-state index in [1.807, 2.05) is 4.68 Å². The zero-order chi connectivity index (χ0) is 11.4. The Labute approximate surface area is 96.6 Å². The Kier molecular flexibility index (Phi) is 3.88. The van der Waals surface area contributed by atoms with Crippen molar-refractivity contribution in [2.75, 3.05) is 0 Å². The lowest BCUT2D eigenvalue weighted by Crippen LogP contribution is -2.26. The van der Waals surface area contributed by atoms with Gasteiger partial charge in [-0.25, -0.2) is 4.68 Å². The van der Waals surface area contributed by atoms with Gasteiger partial charge in [-0.2, -0.15) is 0 Å². The van der Waals surface area contributed by atoms with Crippen LogP contribution < -0.4 is 5.32 Å². The lowest BCUT2D eigenvalue weighted by Gasteiger charge is -2.22. The molecule has 1 heterocycles. The van der Waals surface area contributed by atoms with Crippen LogP contribution in [0.4, 0.5) is 0 Å². The molecule has 5 heteroatoms. The first-order chi connectivity index (χ1) is 7.77. The van der Waals surface area contributed by atoms with Crippen LogP contribution in [0.25, 0.3) is 0 Å². The molecule has 16 heavy (non-hydrogen) atoms. The molecular weight excluding hydrogens is 202 g/mol. The highest BCUT2D eigenvalue weighted by Crippen LogP contribution is 2.27. The van der Waals surface area contributed by atoms with Crippen LogP contribution in [-0.2, 0) is 6.54 Å². The van der Waals surface area contributed by atoms with Gasteiger partial charge in [-0.15, -0.1) is 5.10 Å². The fourth-order valence-corrected chi connectivity index (χ4v) is 2.23. The molecule has 0 bridgehead atoms. The Morgan fingerprint density at radius 1 is 1.31 bits per heavy atom. The molecule has 90 valence electrons. The average molecular weight is 223 g/mol. The first kappa shape index (κ1) is 11.5. The van der Waals surface area contributed by atoms with E-state index in [1.54, 1.807) is 0 Å². The monoisotopic (exact) mass is 223 g/mol. The molecule has 1 fully saturated rings. The Morgan fingerprint density at radius 3 is 2.75 bits per heavy atom. The Morgan fingerprint density at radius 2 is 2.06 bits per heavy atom. The molecule has 0 unspecified atom stereocenters. The smallest absolute Gasteiger partial charge is 0.165 e. The van der Waals surface area contributed by atoms with Gasteiger partial charge in [0, 0.05) is 6.04 Å². The van der Waals surface area contributed by atoms with Gasteiger partial charge in [0.1, 0.15) is 0 Å². The van der Waals surface area contributed by atoms with Gasteiger partial charge < -0.3 is 5.32 Å². The molecule has 2 rings (SSSR count). The van der Waals surface area contributed by atoms with Crippen molar-refractivity contribution >= 4 is 0 Å². The van der Waals surface area contributed by atoms with Crippen LogP contribution in [0.5, 0.6) is 0 Å². The van der Waals surface area contributed by atoms with Crippen molar-refractivity contribution in [2.24, 2.45) is 0 Å². The van der Waals surface area contributed by atoms with Gasteiger partial charge in [0.05, 0.1) is 12.6 Å². The van der Waals surface area contributed by atoms with Gasteiger partial charge in [-0.1, -0.05) is 33.1 Å². The SMILES string of the molecule is CC(C)NCc1nnnn1C1CCCCC1. The van der Waals surface area contributed by atoms with E-state index in [0.29, 0.717) is 12.1 Å². The molecule has 0 aliphatic heterocycles. The third kappa shape index (κ3) is 2.78. The molecule has 0 saturated heterocycles. The lowest BCUT2D eigenvalue weighted by molar-refractivity contribution is 0.314. The summed E-state index contributed by atoms with van der Waals surface area (Å²) in [6, 6.07) is 0.990. The maximum atomic E-state index is 4.13. The Hall–Kier alpha value is -0.970. The maximum Gasteiger partial charge on any atom is 0.165 e. The van der Waals surface area contributed by atoms with Gasteiger partial charge >= 0.3 is 0 Å². The number of hydrogen-bond acceptors (Lipinski definition) is 4. The first-order valence-corrected chi connectivity index (χ1v) is 6.27. The van der Waals surface area contributed by atoms with E-state index in [-0.39, 0.29) is 0 Å². The molecular formula is C11H21N5. The fourth-order valence-electron chi connectivity index (χ4n) is 2.23. The number of nitrogens with zero attached hydrogens (tertiary/aromatic N) is 4. The Bertz CT molecular complexity index is 314.